The van der Waals surface area contributed by atoms with Crippen LogP contribution in [0.15, 0.2) is 41.9 Å². The number of nitrogens with one attached hydrogen (secondary N) is 1. The minimum Gasteiger partial charge on any atom is -0.508 e. The van der Waals surface area contributed by atoms with E-state index in [0.717, 1.165) is 27.5 Å². The topological polar surface area (TPSA) is 74.7 Å². The summed E-state index contributed by atoms with van der Waals surface area (Å²) >= 11 is 1.60. The molecule has 2 N–H and O–H groups in total. The van der Waals surface area contributed by atoms with Crippen LogP contribution in [0.3, 0.4) is 0 Å². The van der Waals surface area contributed by atoms with Gasteiger partial charge in [-0.25, -0.2) is 15.0 Å². The maximum atomic E-state index is 9.21. The van der Waals surface area contributed by atoms with Crippen molar-refractivity contribution in [2.24, 2.45) is 0 Å². The lowest BCUT2D eigenvalue weighted by Gasteiger charge is -2.01. The summed E-state index contributed by atoms with van der Waals surface area (Å²) in [6.07, 6.45) is 3.14. The van der Waals surface area contributed by atoms with E-state index in [2.05, 4.69) is 19.9 Å². The number of aromatic nitrogens is 4. The lowest BCUT2D eigenvalue weighted by Crippen LogP contribution is -1.87. The van der Waals surface area contributed by atoms with Gasteiger partial charge < -0.3 is 10.1 Å². The number of rotatable bonds is 3. The van der Waals surface area contributed by atoms with E-state index in [1.165, 1.54) is 6.33 Å². The molecule has 90 valence electrons. The predicted molar refractivity (Wildman–Crippen MR) is 69.4 cm³/mol. The number of benzene rings is 1. The Bertz CT molecular complexity index is 665. The number of thioether (sulfide) groups is 1. The first-order valence-corrected chi connectivity index (χ1v) is 6.36. The molecule has 3 aromatic rings. The Kier molecular flexibility index (Phi) is 2.85. The van der Waals surface area contributed by atoms with E-state index in [9.17, 15) is 5.11 Å². The third kappa shape index (κ3) is 2.14. The van der Waals surface area contributed by atoms with Crippen LogP contribution in [0, 0.1) is 0 Å². The van der Waals surface area contributed by atoms with E-state index >= 15 is 0 Å². The van der Waals surface area contributed by atoms with Gasteiger partial charge in [0.05, 0.1) is 6.33 Å². The summed E-state index contributed by atoms with van der Waals surface area (Å²) in [6, 6.07) is 7.15. The monoisotopic (exact) mass is 258 g/mol. The van der Waals surface area contributed by atoms with Crippen LogP contribution in [0.5, 0.6) is 5.75 Å². The molecule has 0 aliphatic rings. The van der Waals surface area contributed by atoms with Gasteiger partial charge in [-0.15, -0.1) is 0 Å². The summed E-state index contributed by atoms with van der Waals surface area (Å²) < 4.78 is 0. The number of aromatic hydroxyl groups is 1. The first-order valence-electron chi connectivity index (χ1n) is 5.38. The minimum atomic E-state index is 0.278. The Morgan fingerprint density at radius 1 is 1.11 bits per heavy atom. The second-order valence-electron chi connectivity index (χ2n) is 3.73. The number of hydrogen-bond donors (Lipinski definition) is 2. The Balaban J connectivity index is 1.80. The third-order valence-corrected chi connectivity index (χ3v) is 3.55. The Morgan fingerprint density at radius 3 is 2.78 bits per heavy atom. The number of aromatic amines is 1. The number of nitrogens with zero attached hydrogens (tertiary/aromatic N) is 3. The van der Waals surface area contributed by atoms with E-state index in [4.69, 9.17) is 0 Å². The van der Waals surface area contributed by atoms with Crippen molar-refractivity contribution in [2.45, 2.75) is 10.8 Å². The van der Waals surface area contributed by atoms with Crippen LogP contribution in [-0.4, -0.2) is 25.0 Å². The maximum absolute atomic E-state index is 9.21. The third-order valence-electron chi connectivity index (χ3n) is 2.50. The van der Waals surface area contributed by atoms with Crippen molar-refractivity contribution in [1.29, 1.82) is 0 Å². The number of imidazole rings is 1. The van der Waals surface area contributed by atoms with Crippen LogP contribution < -0.4 is 0 Å². The van der Waals surface area contributed by atoms with E-state index in [1.54, 1.807) is 30.2 Å². The lowest BCUT2D eigenvalue weighted by atomic mass is 10.2. The van der Waals surface area contributed by atoms with Crippen molar-refractivity contribution in [1.82, 2.24) is 19.9 Å². The van der Waals surface area contributed by atoms with Gasteiger partial charge in [-0.05, 0) is 17.7 Å². The lowest BCUT2D eigenvalue weighted by molar-refractivity contribution is 0.475. The van der Waals surface area contributed by atoms with Gasteiger partial charge in [0.25, 0.3) is 0 Å². The molecule has 0 saturated carbocycles. The SMILES string of the molecule is Oc1ccc(CSc2ncnc3[nH]cnc23)cc1. The molecule has 0 fully saturated rings. The van der Waals surface area contributed by atoms with Crippen LogP contribution in [-0.2, 0) is 5.75 Å². The summed E-state index contributed by atoms with van der Waals surface area (Å²) in [6.45, 7) is 0. The highest BCUT2D eigenvalue weighted by atomic mass is 32.2. The molecule has 0 aliphatic heterocycles. The normalized spacial score (nSPS) is 10.9. The fraction of sp³-hybridized carbons (Fsp3) is 0.0833. The van der Waals surface area contributed by atoms with Gasteiger partial charge in [0.2, 0.25) is 0 Å². The largest absolute Gasteiger partial charge is 0.508 e. The van der Waals surface area contributed by atoms with Crippen LogP contribution in [0.1, 0.15) is 5.56 Å². The summed E-state index contributed by atoms with van der Waals surface area (Å²) in [4.78, 5) is 15.5. The van der Waals surface area contributed by atoms with Gasteiger partial charge in [-0.2, -0.15) is 0 Å². The van der Waals surface area contributed by atoms with Crippen molar-refractivity contribution >= 4 is 22.9 Å². The van der Waals surface area contributed by atoms with Crippen molar-refractivity contribution in [3.63, 3.8) is 0 Å². The van der Waals surface area contributed by atoms with Gasteiger partial charge in [-0.1, -0.05) is 23.9 Å². The first-order chi connectivity index (χ1) is 8.83. The number of H-pyrrole nitrogens is 1. The first kappa shape index (κ1) is 11.0. The molecule has 0 amide bonds. The number of fused-ring (bicyclic) bond motifs is 1. The van der Waals surface area contributed by atoms with E-state index in [-0.39, 0.29) is 5.75 Å². The Labute approximate surface area is 107 Å². The number of phenols is 1. The molecule has 5 nitrogen and oxygen atoms in total. The standard InChI is InChI=1S/C12H10N4OS/c17-9-3-1-8(2-4-9)5-18-12-10-11(14-6-13-10)15-7-16-12/h1-4,6-7,17H,5H2,(H,13,14,15,16). The van der Waals surface area contributed by atoms with Gasteiger partial charge in [0, 0.05) is 5.75 Å². The van der Waals surface area contributed by atoms with Gasteiger partial charge in [-0.3, -0.25) is 0 Å². The van der Waals surface area contributed by atoms with E-state index < -0.39 is 0 Å². The van der Waals surface area contributed by atoms with Gasteiger partial charge in [0.1, 0.15) is 22.6 Å². The fourth-order valence-electron chi connectivity index (χ4n) is 1.59. The highest BCUT2D eigenvalue weighted by Crippen LogP contribution is 2.25. The summed E-state index contributed by atoms with van der Waals surface area (Å²) in [5.41, 5.74) is 2.67. The minimum absolute atomic E-state index is 0.278. The molecule has 2 heterocycles. The molecular formula is C12H10N4OS. The Hall–Kier alpha value is -2.08. The molecule has 1 aromatic carbocycles. The molecule has 3 rings (SSSR count). The molecule has 0 saturated heterocycles. The maximum Gasteiger partial charge on any atom is 0.161 e. The fourth-order valence-corrected chi connectivity index (χ4v) is 2.50. The number of hydrogen-bond acceptors (Lipinski definition) is 5. The van der Waals surface area contributed by atoms with Crippen molar-refractivity contribution in [3.8, 4) is 5.75 Å². The quantitative estimate of drug-likeness (QED) is 0.557. The molecule has 0 spiro atoms. The van der Waals surface area contributed by atoms with E-state index in [0.29, 0.717) is 0 Å². The van der Waals surface area contributed by atoms with Crippen molar-refractivity contribution in [2.75, 3.05) is 0 Å². The van der Waals surface area contributed by atoms with Crippen LogP contribution >= 0.6 is 11.8 Å². The molecule has 0 unspecified atom stereocenters. The molecule has 0 radical (unpaired) electrons. The van der Waals surface area contributed by atoms with Crippen LogP contribution in [0.2, 0.25) is 0 Å². The molecule has 0 bridgehead atoms. The smallest absolute Gasteiger partial charge is 0.161 e. The molecule has 18 heavy (non-hydrogen) atoms. The van der Waals surface area contributed by atoms with Gasteiger partial charge >= 0.3 is 0 Å². The second kappa shape index (κ2) is 4.66. The molecule has 0 aliphatic carbocycles. The summed E-state index contributed by atoms with van der Waals surface area (Å²) in [5, 5.41) is 10.1. The van der Waals surface area contributed by atoms with Crippen LogP contribution in [0.25, 0.3) is 11.2 Å². The Morgan fingerprint density at radius 2 is 1.94 bits per heavy atom. The molecule has 6 heteroatoms. The summed E-state index contributed by atoms with van der Waals surface area (Å²) in [5.74, 6) is 1.06. The average Bonchev–Trinajstić information content (AvgIpc) is 2.87. The zero-order chi connectivity index (χ0) is 12.4. The van der Waals surface area contributed by atoms with Crippen LogP contribution in [0.4, 0.5) is 0 Å². The second-order valence-corrected chi connectivity index (χ2v) is 4.70. The molecular weight excluding hydrogens is 248 g/mol. The summed E-state index contributed by atoms with van der Waals surface area (Å²) in [7, 11) is 0. The van der Waals surface area contributed by atoms with E-state index in [1.807, 2.05) is 12.1 Å². The van der Waals surface area contributed by atoms with Crippen molar-refractivity contribution < 1.29 is 5.11 Å². The molecule has 0 atom stereocenters. The molecule has 2 aromatic heterocycles. The highest BCUT2D eigenvalue weighted by molar-refractivity contribution is 7.98. The number of phenolic OH excluding ortho intramolecular Hbond substituents is 1. The van der Waals surface area contributed by atoms with Crippen molar-refractivity contribution in [3.05, 3.63) is 42.5 Å². The highest BCUT2D eigenvalue weighted by Gasteiger charge is 2.06. The van der Waals surface area contributed by atoms with Gasteiger partial charge in [0.15, 0.2) is 5.65 Å². The zero-order valence-electron chi connectivity index (χ0n) is 9.37. The average molecular weight is 258 g/mol. The predicted octanol–water partition coefficient (Wildman–Crippen LogP) is 2.35. The zero-order valence-corrected chi connectivity index (χ0v) is 10.2.